The van der Waals surface area contributed by atoms with Crippen LogP contribution < -0.4 is 10.1 Å². The Kier molecular flexibility index (Phi) is 9.99. The highest BCUT2D eigenvalue weighted by Gasteiger charge is 2.21. The normalized spacial score (nSPS) is 11.8. The van der Waals surface area contributed by atoms with E-state index in [0.29, 0.717) is 29.0 Å². The Morgan fingerprint density at radius 1 is 0.947 bits per heavy atom. The number of esters is 1. The van der Waals surface area contributed by atoms with Crippen molar-refractivity contribution in [3.05, 3.63) is 99.6 Å². The van der Waals surface area contributed by atoms with E-state index in [2.05, 4.69) is 37.4 Å². The lowest BCUT2D eigenvalue weighted by molar-refractivity contribution is -0.140. The molecule has 1 atom stereocenters. The van der Waals surface area contributed by atoms with E-state index < -0.39 is 11.6 Å². The van der Waals surface area contributed by atoms with Crippen molar-refractivity contribution in [3.63, 3.8) is 0 Å². The quantitative estimate of drug-likeness (QED) is 0.281. The molecular weight excluding hydrogens is 488 g/mol. The second-order valence-electron chi connectivity index (χ2n) is 10.0. The van der Waals surface area contributed by atoms with Gasteiger partial charge in [-0.15, -0.1) is 0 Å². The number of rotatable bonds is 11. The van der Waals surface area contributed by atoms with E-state index in [9.17, 15) is 18.4 Å². The Morgan fingerprint density at radius 2 is 1.66 bits per heavy atom. The van der Waals surface area contributed by atoms with Crippen LogP contribution in [0, 0.1) is 31.4 Å². The van der Waals surface area contributed by atoms with Crippen LogP contribution in [0.2, 0.25) is 0 Å². The van der Waals surface area contributed by atoms with Crippen LogP contribution in [-0.2, 0) is 22.6 Å². The number of hydrogen-bond acceptors (Lipinski definition) is 4. The van der Waals surface area contributed by atoms with Gasteiger partial charge in [0.1, 0.15) is 12.4 Å². The average molecular weight is 524 g/mol. The van der Waals surface area contributed by atoms with Gasteiger partial charge in [-0.05, 0) is 67.5 Å². The predicted molar refractivity (Wildman–Crippen MR) is 143 cm³/mol. The molecule has 5 nitrogen and oxygen atoms in total. The van der Waals surface area contributed by atoms with Crippen LogP contribution in [0.1, 0.15) is 70.9 Å². The first kappa shape index (κ1) is 28.8. The van der Waals surface area contributed by atoms with Crippen molar-refractivity contribution in [3.8, 4) is 5.75 Å². The third-order valence-electron chi connectivity index (χ3n) is 6.19. The SMILES string of the molecule is COC(=O)CCc1ccc(COc2cc(F)ccc2F)cc1C(=O)N[C@@H](CC(C)C)c1cc(C)cc(C)c1. The number of aryl methyl sites for hydroxylation is 3. The molecule has 38 heavy (non-hydrogen) atoms. The molecular formula is C31H35F2NO4. The summed E-state index contributed by atoms with van der Waals surface area (Å²) in [6.45, 7) is 8.20. The molecule has 0 radical (unpaired) electrons. The van der Waals surface area contributed by atoms with Crippen LogP contribution in [0.4, 0.5) is 8.78 Å². The smallest absolute Gasteiger partial charge is 0.305 e. The molecule has 0 saturated carbocycles. The van der Waals surface area contributed by atoms with E-state index in [1.807, 2.05) is 13.8 Å². The summed E-state index contributed by atoms with van der Waals surface area (Å²) in [6.07, 6.45) is 1.18. The zero-order valence-corrected chi connectivity index (χ0v) is 22.6. The van der Waals surface area contributed by atoms with Crippen molar-refractivity contribution in [1.29, 1.82) is 0 Å². The number of methoxy groups -OCH3 is 1. The summed E-state index contributed by atoms with van der Waals surface area (Å²) in [4.78, 5) is 25.5. The maximum absolute atomic E-state index is 14.0. The number of ether oxygens (including phenoxy) is 2. The maximum atomic E-state index is 14.0. The minimum absolute atomic E-state index is 0.0650. The molecule has 0 unspecified atom stereocenters. The van der Waals surface area contributed by atoms with Crippen LogP contribution in [0.15, 0.2) is 54.6 Å². The van der Waals surface area contributed by atoms with E-state index in [-0.39, 0.29) is 36.7 Å². The largest absolute Gasteiger partial charge is 0.486 e. The summed E-state index contributed by atoms with van der Waals surface area (Å²) >= 11 is 0. The van der Waals surface area contributed by atoms with E-state index in [0.717, 1.165) is 41.3 Å². The van der Waals surface area contributed by atoms with Crippen LogP contribution in [-0.4, -0.2) is 19.0 Å². The lowest BCUT2D eigenvalue weighted by atomic mass is 9.93. The van der Waals surface area contributed by atoms with Crippen molar-refractivity contribution < 1.29 is 27.8 Å². The van der Waals surface area contributed by atoms with Gasteiger partial charge in [-0.1, -0.05) is 55.3 Å². The highest BCUT2D eigenvalue weighted by Crippen LogP contribution is 2.26. The van der Waals surface area contributed by atoms with Gasteiger partial charge in [0.2, 0.25) is 0 Å². The first-order chi connectivity index (χ1) is 18.0. The molecule has 3 rings (SSSR count). The summed E-state index contributed by atoms with van der Waals surface area (Å²) in [5.41, 5.74) is 4.94. The van der Waals surface area contributed by atoms with Gasteiger partial charge in [0, 0.05) is 18.1 Å². The molecule has 1 N–H and O–H groups in total. The summed E-state index contributed by atoms with van der Waals surface area (Å²) in [5.74, 6) is -1.82. The van der Waals surface area contributed by atoms with Gasteiger partial charge in [-0.3, -0.25) is 9.59 Å². The molecule has 0 spiro atoms. The van der Waals surface area contributed by atoms with Gasteiger partial charge in [-0.2, -0.15) is 0 Å². The Hall–Kier alpha value is -3.74. The van der Waals surface area contributed by atoms with Gasteiger partial charge >= 0.3 is 5.97 Å². The highest BCUT2D eigenvalue weighted by molar-refractivity contribution is 5.96. The van der Waals surface area contributed by atoms with Crippen molar-refractivity contribution >= 4 is 11.9 Å². The Bertz CT molecular complexity index is 1270. The van der Waals surface area contributed by atoms with Gasteiger partial charge in [0.25, 0.3) is 5.91 Å². The Morgan fingerprint density at radius 3 is 2.32 bits per heavy atom. The number of carbonyl (C=O) groups is 2. The van der Waals surface area contributed by atoms with E-state index >= 15 is 0 Å². The minimum Gasteiger partial charge on any atom is -0.486 e. The molecule has 3 aromatic rings. The first-order valence-electron chi connectivity index (χ1n) is 12.7. The second-order valence-corrected chi connectivity index (χ2v) is 10.0. The molecule has 0 heterocycles. The molecule has 0 aliphatic carbocycles. The van der Waals surface area contributed by atoms with E-state index in [1.54, 1.807) is 18.2 Å². The summed E-state index contributed by atoms with van der Waals surface area (Å²) in [6, 6.07) is 14.2. The third-order valence-corrected chi connectivity index (χ3v) is 6.19. The number of carbonyl (C=O) groups excluding carboxylic acids is 2. The number of amides is 1. The zero-order valence-electron chi connectivity index (χ0n) is 22.6. The molecule has 0 bridgehead atoms. The Labute approximate surface area is 223 Å². The molecule has 202 valence electrons. The number of benzene rings is 3. The minimum atomic E-state index is -0.677. The number of nitrogens with one attached hydrogen (secondary N) is 1. The van der Waals surface area contributed by atoms with Gasteiger partial charge in [0.15, 0.2) is 11.6 Å². The zero-order chi connectivity index (χ0) is 27.8. The molecule has 7 heteroatoms. The van der Waals surface area contributed by atoms with Crippen molar-refractivity contribution in [1.82, 2.24) is 5.32 Å². The molecule has 0 saturated heterocycles. The predicted octanol–water partition coefficient (Wildman–Crippen LogP) is 6.78. The van der Waals surface area contributed by atoms with E-state index in [1.165, 1.54) is 7.11 Å². The fourth-order valence-electron chi connectivity index (χ4n) is 4.43. The monoisotopic (exact) mass is 523 g/mol. The lowest BCUT2D eigenvalue weighted by Gasteiger charge is -2.23. The Balaban J connectivity index is 1.90. The molecule has 0 aliphatic rings. The summed E-state index contributed by atoms with van der Waals surface area (Å²) < 4.78 is 37.8. The van der Waals surface area contributed by atoms with Crippen molar-refractivity contribution in [2.24, 2.45) is 5.92 Å². The van der Waals surface area contributed by atoms with Crippen LogP contribution in [0.3, 0.4) is 0 Å². The van der Waals surface area contributed by atoms with Gasteiger partial charge in [-0.25, -0.2) is 8.78 Å². The lowest BCUT2D eigenvalue weighted by Crippen LogP contribution is -2.30. The molecule has 0 aliphatic heterocycles. The third kappa shape index (κ3) is 8.13. The molecule has 3 aromatic carbocycles. The van der Waals surface area contributed by atoms with Crippen LogP contribution in [0.25, 0.3) is 0 Å². The maximum Gasteiger partial charge on any atom is 0.305 e. The topological polar surface area (TPSA) is 64.6 Å². The first-order valence-corrected chi connectivity index (χ1v) is 12.7. The van der Waals surface area contributed by atoms with Crippen molar-refractivity contribution in [2.75, 3.05) is 7.11 Å². The van der Waals surface area contributed by atoms with E-state index in [4.69, 9.17) is 9.47 Å². The van der Waals surface area contributed by atoms with Crippen molar-refractivity contribution in [2.45, 2.75) is 59.6 Å². The van der Waals surface area contributed by atoms with Gasteiger partial charge in [0.05, 0.1) is 13.2 Å². The van der Waals surface area contributed by atoms with Crippen LogP contribution in [0.5, 0.6) is 5.75 Å². The fraction of sp³-hybridized carbons (Fsp3) is 0.355. The van der Waals surface area contributed by atoms with Crippen LogP contribution >= 0.6 is 0 Å². The molecule has 0 aromatic heterocycles. The molecule has 1 amide bonds. The standard InChI is InChI=1S/C31H35F2NO4/c1-19(2)12-28(24-14-20(3)13-21(4)15-24)34-31(36)26-16-22(6-7-23(26)8-11-30(35)37-5)18-38-29-17-25(32)9-10-27(29)33/h6-7,9-10,13-17,19,28H,8,11-12,18H2,1-5H3,(H,34,36)/t28-/m0/s1. The fourth-order valence-corrected chi connectivity index (χ4v) is 4.43. The second kappa shape index (κ2) is 13.2. The summed E-state index contributed by atoms with van der Waals surface area (Å²) in [7, 11) is 1.32. The van der Waals surface area contributed by atoms with Gasteiger partial charge < -0.3 is 14.8 Å². The number of halogens is 2. The highest BCUT2D eigenvalue weighted by atomic mass is 19.1. The molecule has 0 fully saturated rings. The number of hydrogen-bond donors (Lipinski definition) is 1. The summed E-state index contributed by atoms with van der Waals surface area (Å²) in [5, 5.41) is 3.19. The average Bonchev–Trinajstić information content (AvgIpc) is 2.86.